The predicted molar refractivity (Wildman–Crippen MR) is 74.4 cm³/mol. The Morgan fingerprint density at radius 2 is 2.06 bits per heavy atom. The maximum absolute atomic E-state index is 5.82. The molecular weight excluding hydrogens is 222 g/mol. The summed E-state index contributed by atoms with van der Waals surface area (Å²) in [5.74, 6) is 1.89. The van der Waals surface area contributed by atoms with Gasteiger partial charge in [-0.3, -0.25) is 4.98 Å². The molecule has 1 aliphatic carbocycles. The lowest BCUT2D eigenvalue weighted by Crippen LogP contribution is -2.42. The van der Waals surface area contributed by atoms with E-state index in [1.165, 1.54) is 56.4 Å². The van der Waals surface area contributed by atoms with Crippen LogP contribution < -0.4 is 10.6 Å². The van der Waals surface area contributed by atoms with Crippen molar-refractivity contribution in [2.45, 2.75) is 38.6 Å². The molecule has 1 aromatic rings. The molecule has 0 aromatic carbocycles. The molecule has 2 heterocycles. The monoisotopic (exact) mass is 245 g/mol. The SMILES string of the molecule is NCc1cnccc1N1CCC2CCCCC2C1. The van der Waals surface area contributed by atoms with Crippen LogP contribution in [0.4, 0.5) is 5.69 Å². The Bertz CT molecular complexity index is 404. The molecule has 1 aromatic heterocycles. The van der Waals surface area contributed by atoms with E-state index in [1.807, 2.05) is 12.4 Å². The van der Waals surface area contributed by atoms with Crippen molar-refractivity contribution < 1.29 is 0 Å². The van der Waals surface area contributed by atoms with Gasteiger partial charge in [0.25, 0.3) is 0 Å². The van der Waals surface area contributed by atoms with E-state index in [2.05, 4.69) is 16.0 Å². The Labute approximate surface area is 109 Å². The molecule has 2 atom stereocenters. The third-order valence-corrected chi connectivity index (χ3v) is 4.73. The largest absolute Gasteiger partial charge is 0.371 e. The Hall–Kier alpha value is -1.09. The number of piperidine rings is 1. The first kappa shape index (κ1) is 12.0. The van der Waals surface area contributed by atoms with Gasteiger partial charge in [-0.05, 0) is 30.7 Å². The summed E-state index contributed by atoms with van der Waals surface area (Å²) in [5.41, 5.74) is 8.33. The second-order valence-corrected chi connectivity index (χ2v) is 5.75. The van der Waals surface area contributed by atoms with Crippen LogP contribution in [-0.4, -0.2) is 18.1 Å². The normalized spacial score (nSPS) is 27.9. The van der Waals surface area contributed by atoms with Crippen LogP contribution in [0.25, 0.3) is 0 Å². The van der Waals surface area contributed by atoms with E-state index in [4.69, 9.17) is 5.73 Å². The van der Waals surface area contributed by atoms with Gasteiger partial charge in [-0.1, -0.05) is 19.3 Å². The zero-order chi connectivity index (χ0) is 12.4. The van der Waals surface area contributed by atoms with Crippen molar-refractivity contribution in [2.75, 3.05) is 18.0 Å². The van der Waals surface area contributed by atoms with Gasteiger partial charge >= 0.3 is 0 Å². The lowest BCUT2D eigenvalue weighted by Gasteiger charge is -2.42. The zero-order valence-electron chi connectivity index (χ0n) is 11.0. The number of pyridine rings is 1. The van der Waals surface area contributed by atoms with Gasteiger partial charge < -0.3 is 10.6 Å². The molecule has 2 N–H and O–H groups in total. The molecule has 1 saturated heterocycles. The highest BCUT2D eigenvalue weighted by atomic mass is 15.1. The topological polar surface area (TPSA) is 42.1 Å². The van der Waals surface area contributed by atoms with Crippen LogP contribution in [0.2, 0.25) is 0 Å². The van der Waals surface area contributed by atoms with Crippen LogP contribution in [-0.2, 0) is 6.54 Å². The number of aromatic nitrogens is 1. The van der Waals surface area contributed by atoms with Gasteiger partial charge in [0.15, 0.2) is 0 Å². The quantitative estimate of drug-likeness (QED) is 0.870. The smallest absolute Gasteiger partial charge is 0.0442 e. The van der Waals surface area contributed by atoms with Gasteiger partial charge in [0.2, 0.25) is 0 Å². The maximum Gasteiger partial charge on any atom is 0.0442 e. The van der Waals surface area contributed by atoms with E-state index in [0.29, 0.717) is 6.54 Å². The first-order chi connectivity index (χ1) is 8.88. The number of nitrogens with zero attached hydrogens (tertiary/aromatic N) is 2. The second kappa shape index (κ2) is 5.27. The fraction of sp³-hybridized carbons (Fsp3) is 0.667. The summed E-state index contributed by atoms with van der Waals surface area (Å²) in [4.78, 5) is 6.72. The van der Waals surface area contributed by atoms with Crippen molar-refractivity contribution in [3.8, 4) is 0 Å². The van der Waals surface area contributed by atoms with Crippen molar-refractivity contribution in [1.82, 2.24) is 4.98 Å². The minimum Gasteiger partial charge on any atom is -0.371 e. The molecule has 2 fully saturated rings. The molecule has 0 radical (unpaired) electrons. The van der Waals surface area contributed by atoms with E-state index in [0.717, 1.165) is 11.8 Å². The fourth-order valence-electron chi connectivity index (χ4n) is 3.71. The number of fused-ring (bicyclic) bond motifs is 1. The number of rotatable bonds is 2. The third-order valence-electron chi connectivity index (χ3n) is 4.73. The minimum atomic E-state index is 0.591. The number of hydrogen-bond acceptors (Lipinski definition) is 3. The van der Waals surface area contributed by atoms with Crippen LogP contribution in [0.1, 0.15) is 37.7 Å². The molecule has 1 aliphatic heterocycles. The molecule has 1 saturated carbocycles. The maximum atomic E-state index is 5.82. The van der Waals surface area contributed by atoms with Crippen molar-refractivity contribution in [1.29, 1.82) is 0 Å². The Kier molecular flexibility index (Phi) is 3.50. The molecule has 98 valence electrons. The van der Waals surface area contributed by atoms with Crippen molar-refractivity contribution >= 4 is 5.69 Å². The molecule has 0 amide bonds. The van der Waals surface area contributed by atoms with E-state index < -0.39 is 0 Å². The Balaban J connectivity index is 1.77. The summed E-state index contributed by atoms with van der Waals surface area (Å²) < 4.78 is 0. The van der Waals surface area contributed by atoms with Gasteiger partial charge in [0.1, 0.15) is 0 Å². The number of nitrogens with two attached hydrogens (primary N) is 1. The molecular formula is C15H23N3. The Morgan fingerprint density at radius 3 is 2.89 bits per heavy atom. The van der Waals surface area contributed by atoms with Gasteiger partial charge in [0.05, 0.1) is 0 Å². The van der Waals surface area contributed by atoms with Gasteiger partial charge in [0, 0.05) is 43.3 Å². The van der Waals surface area contributed by atoms with Crippen LogP contribution >= 0.6 is 0 Å². The summed E-state index contributed by atoms with van der Waals surface area (Å²) in [6.07, 6.45) is 10.9. The fourth-order valence-corrected chi connectivity index (χ4v) is 3.71. The molecule has 3 heteroatoms. The van der Waals surface area contributed by atoms with E-state index in [1.54, 1.807) is 0 Å². The molecule has 2 aliphatic rings. The summed E-state index contributed by atoms with van der Waals surface area (Å²) in [6.45, 7) is 3.01. The van der Waals surface area contributed by atoms with Crippen molar-refractivity contribution in [2.24, 2.45) is 17.6 Å². The summed E-state index contributed by atoms with van der Waals surface area (Å²) in [7, 11) is 0. The molecule has 0 bridgehead atoms. The minimum absolute atomic E-state index is 0.591. The van der Waals surface area contributed by atoms with Gasteiger partial charge in [-0.25, -0.2) is 0 Å². The third kappa shape index (κ3) is 2.24. The molecule has 3 rings (SSSR count). The van der Waals surface area contributed by atoms with Gasteiger partial charge in [-0.2, -0.15) is 0 Å². The summed E-state index contributed by atoms with van der Waals surface area (Å²) in [5, 5.41) is 0. The van der Waals surface area contributed by atoms with Gasteiger partial charge in [-0.15, -0.1) is 0 Å². The molecule has 3 nitrogen and oxygen atoms in total. The van der Waals surface area contributed by atoms with Crippen LogP contribution in [0.5, 0.6) is 0 Å². The van der Waals surface area contributed by atoms with E-state index >= 15 is 0 Å². The lowest BCUT2D eigenvalue weighted by atomic mass is 9.75. The molecule has 18 heavy (non-hydrogen) atoms. The number of hydrogen-bond donors (Lipinski definition) is 1. The van der Waals surface area contributed by atoms with Crippen LogP contribution in [0.15, 0.2) is 18.5 Å². The summed E-state index contributed by atoms with van der Waals surface area (Å²) >= 11 is 0. The molecule has 0 spiro atoms. The highest BCUT2D eigenvalue weighted by Crippen LogP contribution is 2.37. The second-order valence-electron chi connectivity index (χ2n) is 5.75. The molecule has 2 unspecified atom stereocenters. The van der Waals surface area contributed by atoms with E-state index in [9.17, 15) is 0 Å². The summed E-state index contributed by atoms with van der Waals surface area (Å²) in [6, 6.07) is 2.13. The van der Waals surface area contributed by atoms with Crippen molar-refractivity contribution in [3.05, 3.63) is 24.0 Å². The Morgan fingerprint density at radius 1 is 1.22 bits per heavy atom. The van der Waals surface area contributed by atoms with Crippen LogP contribution in [0, 0.1) is 11.8 Å². The highest BCUT2D eigenvalue weighted by molar-refractivity contribution is 5.52. The van der Waals surface area contributed by atoms with Crippen LogP contribution in [0.3, 0.4) is 0 Å². The highest BCUT2D eigenvalue weighted by Gasteiger charge is 2.31. The average molecular weight is 245 g/mol. The average Bonchev–Trinajstić information content (AvgIpc) is 2.46. The first-order valence-electron chi connectivity index (χ1n) is 7.26. The van der Waals surface area contributed by atoms with E-state index in [-0.39, 0.29) is 0 Å². The number of anilines is 1. The first-order valence-corrected chi connectivity index (χ1v) is 7.26. The zero-order valence-corrected chi connectivity index (χ0v) is 11.0. The lowest BCUT2D eigenvalue weighted by molar-refractivity contribution is 0.202. The standard InChI is InChI=1S/C15H23N3/c16-9-14-10-17-7-5-15(14)18-8-6-12-3-1-2-4-13(12)11-18/h5,7,10,12-13H,1-4,6,8-9,11,16H2. The van der Waals surface area contributed by atoms with Crippen molar-refractivity contribution in [3.63, 3.8) is 0 Å². The predicted octanol–water partition coefficient (Wildman–Crippen LogP) is 2.56.